The van der Waals surface area contributed by atoms with Crippen molar-refractivity contribution < 1.29 is 0 Å². The van der Waals surface area contributed by atoms with Crippen molar-refractivity contribution in [2.24, 2.45) is 0 Å². The largest absolute Gasteiger partial charge is 0.316 e. The van der Waals surface area contributed by atoms with Crippen LogP contribution in [0, 0.1) is 0 Å². The Kier molecular flexibility index (Phi) is 6.80. The van der Waals surface area contributed by atoms with Crippen molar-refractivity contribution in [1.29, 1.82) is 0 Å². The Morgan fingerprint density at radius 2 is 1.89 bits per heavy atom. The standard InChI is InChI=1S/C17H27NS/c1-2-3-4-5-6-9-12-18-14-16-13-15-10-7-8-11-17(15)19-16/h7-8,10-11,16,18H,2-6,9,12-14H2,1H3. The van der Waals surface area contributed by atoms with Crippen molar-refractivity contribution in [2.75, 3.05) is 13.1 Å². The molecule has 1 aliphatic rings. The van der Waals surface area contributed by atoms with Crippen LogP contribution in [0.15, 0.2) is 29.2 Å². The minimum Gasteiger partial charge on any atom is -0.316 e. The molecule has 0 amide bonds. The minimum atomic E-state index is 0.748. The van der Waals surface area contributed by atoms with Gasteiger partial charge in [0.1, 0.15) is 0 Å². The smallest absolute Gasteiger partial charge is 0.0260 e. The van der Waals surface area contributed by atoms with Crippen LogP contribution in [0.4, 0.5) is 0 Å². The molecular weight excluding hydrogens is 250 g/mol. The fourth-order valence-corrected chi connectivity index (χ4v) is 3.94. The van der Waals surface area contributed by atoms with Gasteiger partial charge in [-0.25, -0.2) is 0 Å². The minimum absolute atomic E-state index is 0.748. The van der Waals surface area contributed by atoms with E-state index in [1.165, 1.54) is 56.4 Å². The molecule has 1 unspecified atom stereocenters. The molecule has 0 radical (unpaired) electrons. The summed E-state index contributed by atoms with van der Waals surface area (Å²) >= 11 is 2.05. The SMILES string of the molecule is CCCCCCCCNCC1Cc2ccccc2S1. The van der Waals surface area contributed by atoms with Crippen molar-refractivity contribution in [1.82, 2.24) is 5.32 Å². The fraction of sp³-hybridized carbons (Fsp3) is 0.647. The highest BCUT2D eigenvalue weighted by molar-refractivity contribution is 8.00. The lowest BCUT2D eigenvalue weighted by atomic mass is 10.1. The van der Waals surface area contributed by atoms with Crippen molar-refractivity contribution in [3.63, 3.8) is 0 Å². The summed E-state index contributed by atoms with van der Waals surface area (Å²) in [6, 6.07) is 8.84. The number of fused-ring (bicyclic) bond motifs is 1. The lowest BCUT2D eigenvalue weighted by Gasteiger charge is -2.09. The van der Waals surface area contributed by atoms with Gasteiger partial charge >= 0.3 is 0 Å². The van der Waals surface area contributed by atoms with Crippen molar-refractivity contribution >= 4 is 11.8 Å². The van der Waals surface area contributed by atoms with Crippen LogP contribution in [-0.4, -0.2) is 18.3 Å². The first kappa shape index (κ1) is 14.9. The topological polar surface area (TPSA) is 12.0 Å². The maximum absolute atomic E-state index is 3.63. The van der Waals surface area contributed by atoms with Gasteiger partial charge in [-0.3, -0.25) is 0 Å². The Bertz CT molecular complexity index is 339. The van der Waals surface area contributed by atoms with Gasteiger partial charge in [0.2, 0.25) is 0 Å². The van der Waals surface area contributed by atoms with E-state index in [9.17, 15) is 0 Å². The Balaban J connectivity index is 1.49. The van der Waals surface area contributed by atoms with E-state index < -0.39 is 0 Å². The summed E-state index contributed by atoms with van der Waals surface area (Å²) in [5.41, 5.74) is 1.54. The van der Waals surface area contributed by atoms with Gasteiger partial charge in [0, 0.05) is 16.7 Å². The first-order valence-corrected chi connectivity index (χ1v) is 8.73. The quantitative estimate of drug-likeness (QED) is 0.659. The summed E-state index contributed by atoms with van der Waals surface area (Å²) in [6.07, 6.45) is 9.56. The third kappa shape index (κ3) is 5.19. The van der Waals surface area contributed by atoms with Crippen LogP contribution < -0.4 is 5.32 Å². The molecule has 1 aromatic carbocycles. The predicted octanol–water partition coefficient (Wildman–Crippen LogP) is 4.65. The summed E-state index contributed by atoms with van der Waals surface area (Å²) in [4.78, 5) is 1.49. The highest BCUT2D eigenvalue weighted by Crippen LogP contribution is 2.36. The molecule has 106 valence electrons. The molecule has 1 aromatic rings. The number of benzene rings is 1. The molecule has 19 heavy (non-hydrogen) atoms. The zero-order valence-corrected chi connectivity index (χ0v) is 13.0. The van der Waals surface area contributed by atoms with Crippen LogP contribution >= 0.6 is 11.8 Å². The average Bonchev–Trinajstić information content (AvgIpc) is 2.84. The van der Waals surface area contributed by atoms with Crippen molar-refractivity contribution in [3.05, 3.63) is 29.8 Å². The van der Waals surface area contributed by atoms with Gasteiger partial charge in [0.25, 0.3) is 0 Å². The van der Waals surface area contributed by atoms with E-state index in [1.54, 1.807) is 5.56 Å². The summed E-state index contributed by atoms with van der Waals surface area (Å²) in [5.74, 6) is 0. The summed E-state index contributed by atoms with van der Waals surface area (Å²) in [5, 5.41) is 4.38. The molecule has 0 spiro atoms. The molecule has 2 rings (SSSR count). The van der Waals surface area contributed by atoms with Crippen LogP contribution in [0.2, 0.25) is 0 Å². The van der Waals surface area contributed by atoms with Gasteiger partial charge in [-0.1, -0.05) is 57.2 Å². The monoisotopic (exact) mass is 277 g/mol. The number of rotatable bonds is 9. The lowest BCUT2D eigenvalue weighted by molar-refractivity contribution is 0.569. The normalized spacial score (nSPS) is 17.6. The number of thioether (sulfide) groups is 1. The van der Waals surface area contributed by atoms with E-state index in [0.29, 0.717) is 0 Å². The second kappa shape index (κ2) is 8.65. The molecule has 1 heterocycles. The van der Waals surface area contributed by atoms with E-state index in [1.807, 2.05) is 11.8 Å². The average molecular weight is 277 g/mol. The molecular formula is C17H27NS. The molecule has 0 aromatic heterocycles. The molecule has 1 nitrogen and oxygen atoms in total. The molecule has 0 aliphatic carbocycles. The van der Waals surface area contributed by atoms with Gasteiger partial charge in [-0.2, -0.15) is 0 Å². The molecule has 0 fully saturated rings. The lowest BCUT2D eigenvalue weighted by Crippen LogP contribution is -2.25. The Hall–Kier alpha value is -0.470. The van der Waals surface area contributed by atoms with Gasteiger partial charge in [-0.15, -0.1) is 11.8 Å². The van der Waals surface area contributed by atoms with Gasteiger partial charge in [0.15, 0.2) is 0 Å². The third-order valence-corrected chi connectivity index (χ3v) is 5.11. The highest BCUT2D eigenvalue weighted by atomic mass is 32.2. The van der Waals surface area contributed by atoms with E-state index >= 15 is 0 Å². The Labute approximate surface area is 122 Å². The second-order valence-corrected chi connectivity index (χ2v) is 6.87. The van der Waals surface area contributed by atoms with Gasteiger partial charge in [0.05, 0.1) is 0 Å². The maximum Gasteiger partial charge on any atom is 0.0260 e. The van der Waals surface area contributed by atoms with Crippen LogP contribution in [0.5, 0.6) is 0 Å². The Morgan fingerprint density at radius 3 is 2.74 bits per heavy atom. The number of nitrogens with one attached hydrogen (secondary N) is 1. The van der Waals surface area contributed by atoms with Crippen molar-refractivity contribution in [3.8, 4) is 0 Å². The third-order valence-electron chi connectivity index (χ3n) is 3.79. The molecule has 1 aliphatic heterocycles. The summed E-state index contributed by atoms with van der Waals surface area (Å²) in [6.45, 7) is 4.63. The molecule has 1 N–H and O–H groups in total. The zero-order chi connectivity index (χ0) is 13.3. The van der Waals surface area contributed by atoms with Gasteiger partial charge < -0.3 is 5.32 Å². The Morgan fingerprint density at radius 1 is 1.11 bits per heavy atom. The first-order valence-electron chi connectivity index (χ1n) is 7.85. The van der Waals surface area contributed by atoms with E-state index in [-0.39, 0.29) is 0 Å². The highest BCUT2D eigenvalue weighted by Gasteiger charge is 2.20. The number of hydrogen-bond donors (Lipinski definition) is 1. The van der Waals surface area contributed by atoms with E-state index in [4.69, 9.17) is 0 Å². The zero-order valence-electron chi connectivity index (χ0n) is 12.2. The summed E-state index contributed by atoms with van der Waals surface area (Å²) in [7, 11) is 0. The molecule has 0 saturated carbocycles. The van der Waals surface area contributed by atoms with Crippen LogP contribution in [-0.2, 0) is 6.42 Å². The maximum atomic E-state index is 3.63. The van der Waals surface area contributed by atoms with Crippen LogP contribution in [0.3, 0.4) is 0 Å². The first-order chi connectivity index (χ1) is 9.40. The number of unbranched alkanes of at least 4 members (excludes halogenated alkanes) is 5. The molecule has 0 bridgehead atoms. The number of hydrogen-bond acceptors (Lipinski definition) is 2. The van der Waals surface area contributed by atoms with Crippen LogP contribution in [0.25, 0.3) is 0 Å². The molecule has 2 heteroatoms. The van der Waals surface area contributed by atoms with Crippen LogP contribution in [0.1, 0.15) is 51.0 Å². The predicted molar refractivity (Wildman–Crippen MR) is 86.0 cm³/mol. The van der Waals surface area contributed by atoms with Gasteiger partial charge in [-0.05, 0) is 31.0 Å². The van der Waals surface area contributed by atoms with Crippen molar-refractivity contribution in [2.45, 2.75) is 62.0 Å². The fourth-order valence-electron chi connectivity index (χ4n) is 2.66. The van der Waals surface area contributed by atoms with E-state index in [2.05, 4.69) is 36.5 Å². The molecule has 0 saturated heterocycles. The van der Waals surface area contributed by atoms with E-state index in [0.717, 1.165) is 11.8 Å². The molecule has 1 atom stereocenters. The summed E-state index contributed by atoms with van der Waals surface area (Å²) < 4.78 is 0. The second-order valence-electron chi connectivity index (χ2n) is 5.52.